The summed E-state index contributed by atoms with van der Waals surface area (Å²) in [6.07, 6.45) is 2.90. The highest BCUT2D eigenvalue weighted by atomic mass is 32.2. The van der Waals surface area contributed by atoms with E-state index >= 15 is 0 Å². The van der Waals surface area contributed by atoms with E-state index in [2.05, 4.69) is 6.92 Å². The molecule has 3 heteroatoms. The van der Waals surface area contributed by atoms with E-state index in [-0.39, 0.29) is 11.7 Å². The van der Waals surface area contributed by atoms with Crippen molar-refractivity contribution in [3.05, 3.63) is 6.92 Å². The Morgan fingerprint density at radius 2 is 2.00 bits per heavy atom. The van der Waals surface area contributed by atoms with E-state index < -0.39 is 9.84 Å². The van der Waals surface area contributed by atoms with E-state index in [1.165, 1.54) is 6.26 Å². The molecule has 0 aromatic rings. The van der Waals surface area contributed by atoms with Crippen LogP contribution in [-0.2, 0) is 9.84 Å². The van der Waals surface area contributed by atoms with Gasteiger partial charge in [0.25, 0.3) is 0 Å². The Morgan fingerprint density at radius 1 is 1.50 bits per heavy atom. The molecular weight excluding hydrogens is 148 g/mol. The highest BCUT2D eigenvalue weighted by Gasteiger charge is 2.05. The second kappa shape index (κ2) is 3.96. The number of hydrogen-bond donors (Lipinski definition) is 0. The Kier molecular flexibility index (Phi) is 3.94. The van der Waals surface area contributed by atoms with Crippen LogP contribution in [0.2, 0.25) is 0 Å². The molecule has 0 N–H and O–H groups in total. The van der Waals surface area contributed by atoms with Crippen molar-refractivity contribution in [3.8, 4) is 0 Å². The molecule has 61 valence electrons. The summed E-state index contributed by atoms with van der Waals surface area (Å²) < 4.78 is 21.2. The molecule has 0 saturated carbocycles. The van der Waals surface area contributed by atoms with E-state index in [1.54, 1.807) is 0 Å². The minimum atomic E-state index is -2.77. The molecule has 0 aliphatic rings. The fourth-order valence-corrected chi connectivity index (χ4v) is 1.35. The molecule has 0 aromatic heterocycles. The van der Waals surface area contributed by atoms with E-state index in [1.807, 2.05) is 6.92 Å². The third-order valence-electron chi connectivity index (χ3n) is 1.47. The lowest BCUT2D eigenvalue weighted by Crippen LogP contribution is -2.06. The van der Waals surface area contributed by atoms with Crippen molar-refractivity contribution in [2.45, 2.75) is 19.8 Å². The van der Waals surface area contributed by atoms with Crippen LogP contribution in [0.15, 0.2) is 0 Å². The number of hydrogen-bond acceptors (Lipinski definition) is 2. The summed E-state index contributed by atoms with van der Waals surface area (Å²) in [5, 5.41) is 0. The molecule has 1 radical (unpaired) electrons. The minimum Gasteiger partial charge on any atom is -0.229 e. The fraction of sp³-hybridized carbons (Fsp3) is 0.857. The summed E-state index contributed by atoms with van der Waals surface area (Å²) in [6, 6.07) is 0. The van der Waals surface area contributed by atoms with Gasteiger partial charge < -0.3 is 0 Å². The van der Waals surface area contributed by atoms with Crippen LogP contribution < -0.4 is 0 Å². The molecule has 0 rings (SSSR count). The summed E-state index contributed by atoms with van der Waals surface area (Å²) in [4.78, 5) is 0. The zero-order valence-corrected chi connectivity index (χ0v) is 7.45. The van der Waals surface area contributed by atoms with E-state index in [4.69, 9.17) is 0 Å². The largest absolute Gasteiger partial charge is 0.229 e. The predicted octanol–water partition coefficient (Wildman–Crippen LogP) is 1.28. The van der Waals surface area contributed by atoms with Crippen LogP contribution in [-0.4, -0.2) is 20.4 Å². The van der Waals surface area contributed by atoms with Crippen LogP contribution in [0, 0.1) is 12.8 Å². The first kappa shape index (κ1) is 9.95. The summed E-state index contributed by atoms with van der Waals surface area (Å²) in [5.41, 5.74) is 0. The SMILES string of the molecule is [CH2]C(CC)CCS(C)(=O)=O. The quantitative estimate of drug-likeness (QED) is 0.625. The Balaban J connectivity index is 3.56. The standard InChI is InChI=1S/C7H15O2S/c1-4-7(2)5-6-10(3,8)9/h7H,2,4-6H2,1,3H3. The smallest absolute Gasteiger partial charge is 0.147 e. The molecule has 0 aliphatic heterocycles. The minimum absolute atomic E-state index is 0.273. The lowest BCUT2D eigenvalue weighted by atomic mass is 10.1. The van der Waals surface area contributed by atoms with Gasteiger partial charge in [-0.25, -0.2) is 8.42 Å². The molecule has 0 aliphatic carbocycles. The van der Waals surface area contributed by atoms with Gasteiger partial charge in [-0.05, 0) is 12.3 Å². The van der Waals surface area contributed by atoms with E-state index in [9.17, 15) is 8.42 Å². The van der Waals surface area contributed by atoms with Gasteiger partial charge in [-0.15, -0.1) is 0 Å². The van der Waals surface area contributed by atoms with Gasteiger partial charge in [0.15, 0.2) is 0 Å². The van der Waals surface area contributed by atoms with Gasteiger partial charge in [-0.1, -0.05) is 20.3 Å². The fourth-order valence-electron chi connectivity index (χ4n) is 0.585. The molecule has 2 nitrogen and oxygen atoms in total. The molecule has 10 heavy (non-hydrogen) atoms. The molecule has 0 fully saturated rings. The first-order valence-corrected chi connectivity index (χ1v) is 5.52. The molecule has 1 atom stereocenters. The van der Waals surface area contributed by atoms with Crippen molar-refractivity contribution in [1.82, 2.24) is 0 Å². The average molecular weight is 163 g/mol. The maximum atomic E-state index is 10.6. The van der Waals surface area contributed by atoms with Gasteiger partial charge in [0.2, 0.25) is 0 Å². The van der Waals surface area contributed by atoms with Gasteiger partial charge in [0, 0.05) is 6.26 Å². The lowest BCUT2D eigenvalue weighted by Gasteiger charge is -2.05. The Hall–Kier alpha value is -0.0500. The molecular formula is C7H15O2S. The van der Waals surface area contributed by atoms with Crippen molar-refractivity contribution in [1.29, 1.82) is 0 Å². The topological polar surface area (TPSA) is 34.1 Å². The Bertz CT molecular complexity index is 170. The van der Waals surface area contributed by atoms with Crippen molar-refractivity contribution >= 4 is 9.84 Å². The molecule has 1 unspecified atom stereocenters. The predicted molar refractivity (Wildman–Crippen MR) is 43.5 cm³/mol. The van der Waals surface area contributed by atoms with Crippen LogP contribution in [0.5, 0.6) is 0 Å². The van der Waals surface area contributed by atoms with Crippen molar-refractivity contribution < 1.29 is 8.42 Å². The van der Waals surface area contributed by atoms with Crippen molar-refractivity contribution in [2.75, 3.05) is 12.0 Å². The van der Waals surface area contributed by atoms with Gasteiger partial charge in [0.05, 0.1) is 5.75 Å². The van der Waals surface area contributed by atoms with E-state index in [0.29, 0.717) is 6.42 Å². The Morgan fingerprint density at radius 3 is 2.30 bits per heavy atom. The van der Waals surface area contributed by atoms with Crippen LogP contribution in [0.4, 0.5) is 0 Å². The average Bonchev–Trinajstić information content (AvgIpc) is 1.81. The van der Waals surface area contributed by atoms with E-state index in [0.717, 1.165) is 6.42 Å². The number of sulfone groups is 1. The van der Waals surface area contributed by atoms with Crippen molar-refractivity contribution in [3.63, 3.8) is 0 Å². The van der Waals surface area contributed by atoms with Crippen LogP contribution in [0.3, 0.4) is 0 Å². The molecule has 0 heterocycles. The molecule has 0 spiro atoms. The molecule has 0 amide bonds. The first-order chi connectivity index (χ1) is 4.45. The monoisotopic (exact) mass is 163 g/mol. The Labute approximate surface area is 63.6 Å². The second-order valence-corrected chi connectivity index (χ2v) is 4.95. The number of rotatable bonds is 4. The van der Waals surface area contributed by atoms with Crippen LogP contribution >= 0.6 is 0 Å². The summed E-state index contributed by atoms with van der Waals surface area (Å²) in [5.74, 6) is 0.560. The molecule has 0 bridgehead atoms. The van der Waals surface area contributed by atoms with Gasteiger partial charge in [0.1, 0.15) is 9.84 Å². The van der Waals surface area contributed by atoms with Gasteiger partial charge in [-0.2, -0.15) is 0 Å². The van der Waals surface area contributed by atoms with Gasteiger partial charge >= 0.3 is 0 Å². The third-order valence-corrected chi connectivity index (χ3v) is 2.45. The maximum Gasteiger partial charge on any atom is 0.147 e. The normalized spacial score (nSPS) is 15.1. The van der Waals surface area contributed by atoms with Crippen LogP contribution in [0.25, 0.3) is 0 Å². The highest BCUT2D eigenvalue weighted by Crippen LogP contribution is 2.06. The van der Waals surface area contributed by atoms with Crippen LogP contribution in [0.1, 0.15) is 19.8 Å². The molecule has 0 saturated heterocycles. The molecule has 0 aromatic carbocycles. The highest BCUT2D eigenvalue weighted by molar-refractivity contribution is 7.90. The zero-order valence-electron chi connectivity index (χ0n) is 6.63. The lowest BCUT2D eigenvalue weighted by molar-refractivity contribution is 0.571. The second-order valence-electron chi connectivity index (χ2n) is 2.69. The summed E-state index contributed by atoms with van der Waals surface area (Å²) in [6.45, 7) is 5.81. The summed E-state index contributed by atoms with van der Waals surface area (Å²) in [7, 11) is -2.77. The van der Waals surface area contributed by atoms with Crippen molar-refractivity contribution in [2.24, 2.45) is 5.92 Å². The third kappa shape index (κ3) is 6.08. The van der Waals surface area contributed by atoms with Gasteiger partial charge in [-0.3, -0.25) is 0 Å². The maximum absolute atomic E-state index is 10.6. The summed E-state index contributed by atoms with van der Waals surface area (Å²) >= 11 is 0. The first-order valence-electron chi connectivity index (χ1n) is 3.46. The zero-order chi connectivity index (χ0) is 8.20.